The molecule has 0 aliphatic rings. The lowest BCUT2D eigenvalue weighted by Crippen LogP contribution is -1.96. The van der Waals surface area contributed by atoms with Crippen LogP contribution in [0.25, 0.3) is 0 Å². The van der Waals surface area contributed by atoms with Crippen molar-refractivity contribution in [3.05, 3.63) is 39.9 Å². The number of para-hydroxylation sites is 1. The maximum Gasteiger partial charge on any atom is 0.263 e. The Morgan fingerprint density at radius 3 is 2.77 bits per heavy atom. The fourth-order valence-corrected chi connectivity index (χ4v) is 0.779. The summed E-state index contributed by atoms with van der Waals surface area (Å²) >= 11 is 0. The average Bonchev–Trinajstić information content (AvgIpc) is 2.08. The van der Waals surface area contributed by atoms with Gasteiger partial charge in [0.15, 0.2) is 0 Å². The fourth-order valence-electron chi connectivity index (χ4n) is 0.779. The van der Waals surface area contributed by atoms with Crippen LogP contribution in [0.3, 0.4) is 0 Å². The van der Waals surface area contributed by atoms with Crippen LogP contribution in [-0.4, -0.2) is 16.6 Å². The minimum Gasteiger partial charge on any atom is -0.507 e. The zero-order valence-electron chi connectivity index (χ0n) is 6.73. The molecule has 0 radical (unpaired) electrons. The lowest BCUT2D eigenvalue weighted by Gasteiger charge is -1.92. The zero-order valence-corrected chi connectivity index (χ0v) is 6.73. The van der Waals surface area contributed by atoms with Crippen molar-refractivity contribution in [2.45, 2.75) is 0 Å². The maximum atomic E-state index is 9.91. The second-order valence-corrected chi connectivity index (χ2v) is 2.31. The number of aromatic hydroxyl groups is 1. The Morgan fingerprint density at radius 2 is 2.15 bits per heavy atom. The summed E-state index contributed by atoms with van der Waals surface area (Å²) in [6.45, 7) is -0.408. The Balaban J connectivity index is 2.77. The van der Waals surface area contributed by atoms with Gasteiger partial charge in [-0.2, -0.15) is 0 Å². The first-order valence-corrected chi connectivity index (χ1v) is 3.59. The first-order chi connectivity index (χ1) is 6.20. The lowest BCUT2D eigenvalue weighted by molar-refractivity contribution is -0.466. The molecular weight excluding hydrogens is 170 g/mol. The Hall–Kier alpha value is -2.02. The van der Waals surface area contributed by atoms with Gasteiger partial charge in [0, 0.05) is 4.92 Å². The van der Waals surface area contributed by atoms with Gasteiger partial charge < -0.3 is 5.11 Å². The molecule has 0 unspecified atom stereocenters. The van der Waals surface area contributed by atoms with Crippen LogP contribution in [0.4, 0.5) is 0 Å². The van der Waals surface area contributed by atoms with Gasteiger partial charge in [-0.15, -0.1) is 0 Å². The van der Waals surface area contributed by atoms with Crippen molar-refractivity contribution >= 4 is 0 Å². The van der Waals surface area contributed by atoms with Gasteiger partial charge in [-0.25, -0.2) is 0 Å². The molecule has 0 bridgehead atoms. The molecule has 4 heteroatoms. The highest BCUT2D eigenvalue weighted by atomic mass is 16.6. The number of nitrogens with zero attached hydrogens (tertiary/aromatic N) is 1. The molecule has 1 aromatic carbocycles. The van der Waals surface area contributed by atoms with E-state index in [1.54, 1.807) is 18.2 Å². The summed E-state index contributed by atoms with van der Waals surface area (Å²) in [6, 6.07) is 6.45. The molecule has 0 atom stereocenters. The molecule has 0 heterocycles. The van der Waals surface area contributed by atoms with Gasteiger partial charge in [0.2, 0.25) is 0 Å². The van der Waals surface area contributed by atoms with Crippen molar-refractivity contribution in [1.82, 2.24) is 0 Å². The van der Waals surface area contributed by atoms with Crippen molar-refractivity contribution in [2.24, 2.45) is 0 Å². The topological polar surface area (TPSA) is 63.4 Å². The van der Waals surface area contributed by atoms with Gasteiger partial charge in [0.1, 0.15) is 5.75 Å². The van der Waals surface area contributed by atoms with Gasteiger partial charge in [-0.1, -0.05) is 18.1 Å². The summed E-state index contributed by atoms with van der Waals surface area (Å²) in [4.78, 5) is 9.39. The molecule has 13 heavy (non-hydrogen) atoms. The third-order valence-electron chi connectivity index (χ3n) is 1.34. The SMILES string of the molecule is O=[N+]([O-])CC#Cc1ccccc1O. The standard InChI is InChI=1S/C9H7NO3/c11-9-6-2-1-4-8(9)5-3-7-10(12)13/h1-2,4,6,11H,7H2. The lowest BCUT2D eigenvalue weighted by atomic mass is 10.2. The monoisotopic (exact) mass is 177 g/mol. The molecule has 0 aromatic heterocycles. The molecule has 0 saturated carbocycles. The number of nitro groups is 1. The van der Waals surface area contributed by atoms with E-state index in [2.05, 4.69) is 11.8 Å². The molecule has 0 aliphatic heterocycles. The minimum atomic E-state index is -0.521. The molecule has 1 rings (SSSR count). The van der Waals surface area contributed by atoms with Gasteiger partial charge in [0.05, 0.1) is 5.56 Å². The van der Waals surface area contributed by atoms with Crippen LogP contribution in [-0.2, 0) is 0 Å². The largest absolute Gasteiger partial charge is 0.507 e. The third-order valence-corrected chi connectivity index (χ3v) is 1.34. The number of phenolic OH excluding ortho intramolecular Hbond substituents is 1. The molecule has 4 nitrogen and oxygen atoms in total. The quantitative estimate of drug-likeness (QED) is 0.395. The predicted octanol–water partition coefficient (Wildman–Crippen LogP) is 1.02. The van der Waals surface area contributed by atoms with Crippen molar-refractivity contribution < 1.29 is 10.0 Å². The number of hydrogen-bond acceptors (Lipinski definition) is 3. The molecule has 0 saturated heterocycles. The van der Waals surface area contributed by atoms with Gasteiger partial charge in [-0.3, -0.25) is 10.1 Å². The molecule has 0 fully saturated rings. The van der Waals surface area contributed by atoms with Gasteiger partial charge in [-0.05, 0) is 18.1 Å². The highest BCUT2D eigenvalue weighted by Crippen LogP contribution is 2.13. The van der Waals surface area contributed by atoms with Crippen LogP contribution in [0.15, 0.2) is 24.3 Å². The summed E-state index contributed by atoms with van der Waals surface area (Å²) in [6.07, 6.45) is 0. The molecular formula is C9H7NO3. The van der Waals surface area contributed by atoms with Gasteiger partial charge in [0.25, 0.3) is 6.54 Å². The summed E-state index contributed by atoms with van der Waals surface area (Å²) < 4.78 is 0. The Labute approximate surface area is 75.0 Å². The van der Waals surface area contributed by atoms with E-state index < -0.39 is 11.5 Å². The Morgan fingerprint density at radius 1 is 1.46 bits per heavy atom. The third kappa shape index (κ3) is 2.83. The van der Waals surface area contributed by atoms with Crippen LogP contribution in [0.2, 0.25) is 0 Å². The molecule has 1 N–H and O–H groups in total. The molecule has 0 amide bonds. The number of phenols is 1. The second-order valence-electron chi connectivity index (χ2n) is 2.31. The van der Waals surface area contributed by atoms with E-state index in [4.69, 9.17) is 0 Å². The molecule has 0 spiro atoms. The van der Waals surface area contributed by atoms with Crippen molar-refractivity contribution in [1.29, 1.82) is 0 Å². The number of benzene rings is 1. The first kappa shape index (κ1) is 9.07. The summed E-state index contributed by atoms with van der Waals surface area (Å²) in [5, 5.41) is 19.1. The summed E-state index contributed by atoms with van der Waals surface area (Å²) in [7, 11) is 0. The van der Waals surface area contributed by atoms with E-state index in [9.17, 15) is 15.2 Å². The van der Waals surface area contributed by atoms with Gasteiger partial charge >= 0.3 is 0 Å². The minimum absolute atomic E-state index is 0.0401. The zero-order chi connectivity index (χ0) is 9.68. The summed E-state index contributed by atoms with van der Waals surface area (Å²) in [5.74, 6) is 4.88. The van der Waals surface area contributed by atoms with E-state index in [0.717, 1.165) is 0 Å². The molecule has 0 aliphatic carbocycles. The smallest absolute Gasteiger partial charge is 0.263 e. The second kappa shape index (κ2) is 4.12. The maximum absolute atomic E-state index is 9.91. The van der Waals surface area contributed by atoms with Crippen LogP contribution in [0.5, 0.6) is 5.75 Å². The van der Waals surface area contributed by atoms with Crippen LogP contribution >= 0.6 is 0 Å². The number of hydrogen-bond donors (Lipinski definition) is 1. The van der Waals surface area contributed by atoms with Crippen molar-refractivity contribution in [3.63, 3.8) is 0 Å². The fraction of sp³-hybridized carbons (Fsp3) is 0.111. The van der Waals surface area contributed by atoms with E-state index >= 15 is 0 Å². The van der Waals surface area contributed by atoms with Crippen LogP contribution in [0, 0.1) is 22.0 Å². The Kier molecular flexibility index (Phi) is 2.87. The normalized spacial score (nSPS) is 8.62. The van der Waals surface area contributed by atoms with E-state index in [1.807, 2.05) is 0 Å². The van der Waals surface area contributed by atoms with Crippen LogP contribution < -0.4 is 0 Å². The van der Waals surface area contributed by atoms with E-state index in [0.29, 0.717) is 5.56 Å². The molecule has 1 aromatic rings. The average molecular weight is 177 g/mol. The van der Waals surface area contributed by atoms with E-state index in [1.165, 1.54) is 6.07 Å². The first-order valence-electron chi connectivity index (χ1n) is 3.59. The Bertz CT molecular complexity index is 376. The molecule has 66 valence electrons. The number of rotatable bonds is 1. The van der Waals surface area contributed by atoms with Crippen LogP contribution in [0.1, 0.15) is 5.56 Å². The predicted molar refractivity (Wildman–Crippen MR) is 46.8 cm³/mol. The van der Waals surface area contributed by atoms with E-state index in [-0.39, 0.29) is 5.75 Å². The van der Waals surface area contributed by atoms with Crippen molar-refractivity contribution in [2.75, 3.05) is 6.54 Å². The van der Waals surface area contributed by atoms with Crippen molar-refractivity contribution in [3.8, 4) is 17.6 Å². The summed E-state index contributed by atoms with van der Waals surface area (Å²) in [5.41, 5.74) is 0.407. The highest BCUT2D eigenvalue weighted by Gasteiger charge is 1.94. The highest BCUT2D eigenvalue weighted by molar-refractivity contribution is 5.44.